The summed E-state index contributed by atoms with van der Waals surface area (Å²) in [5.74, 6) is -0.807. The Morgan fingerprint density at radius 2 is 2.12 bits per heavy atom. The molecule has 0 aromatic heterocycles. The number of hydrogen-bond donors (Lipinski definition) is 0. The fourth-order valence-corrected chi connectivity index (χ4v) is 3.99. The number of ether oxygens (including phenoxy) is 3. The summed E-state index contributed by atoms with van der Waals surface area (Å²) in [6.45, 7) is 2.46. The minimum Gasteiger partial charge on any atom is -0.497 e. The standard InChI is InChI=1S/C18H19NO5/c1-3-23-17(21)14-13-8-9-18(24-13)10-19(16(20)15(14)18)11-4-6-12(22-2)7-5-11/h4-9,13-15H,3,10H2,1-2H3. The molecule has 0 N–H and O–H groups in total. The lowest BCUT2D eigenvalue weighted by Crippen LogP contribution is -2.40. The minimum atomic E-state index is -0.723. The van der Waals surface area contributed by atoms with Gasteiger partial charge >= 0.3 is 5.97 Å². The van der Waals surface area contributed by atoms with Gasteiger partial charge in [-0.25, -0.2) is 0 Å². The SMILES string of the molecule is CCOC(=O)C1C2C=CC3(CN(c4ccc(OC)cc4)C(=O)C13)O2. The molecule has 2 saturated heterocycles. The monoisotopic (exact) mass is 329 g/mol. The Kier molecular flexibility index (Phi) is 3.38. The predicted molar refractivity (Wildman–Crippen MR) is 85.7 cm³/mol. The van der Waals surface area contributed by atoms with Crippen LogP contribution >= 0.6 is 0 Å². The summed E-state index contributed by atoms with van der Waals surface area (Å²) in [4.78, 5) is 27.0. The Labute approximate surface area is 140 Å². The number of hydrogen-bond acceptors (Lipinski definition) is 5. The molecule has 2 fully saturated rings. The number of rotatable bonds is 4. The molecule has 1 aromatic rings. The molecule has 4 unspecified atom stereocenters. The second kappa shape index (κ2) is 5.34. The molecule has 1 aromatic carbocycles. The van der Waals surface area contributed by atoms with Crippen molar-refractivity contribution >= 4 is 17.6 Å². The molecule has 0 saturated carbocycles. The van der Waals surface area contributed by atoms with Crippen molar-refractivity contribution < 1.29 is 23.8 Å². The molecule has 3 aliphatic rings. The molecule has 1 spiro atoms. The van der Waals surface area contributed by atoms with Crippen molar-refractivity contribution in [1.29, 1.82) is 0 Å². The lowest BCUT2D eigenvalue weighted by Gasteiger charge is -2.22. The first-order valence-electron chi connectivity index (χ1n) is 8.09. The van der Waals surface area contributed by atoms with E-state index in [-0.39, 0.29) is 18.0 Å². The molecule has 3 aliphatic heterocycles. The van der Waals surface area contributed by atoms with Crippen LogP contribution in [0.2, 0.25) is 0 Å². The average molecular weight is 329 g/mol. The quantitative estimate of drug-likeness (QED) is 0.619. The first kappa shape index (κ1) is 15.2. The Balaban J connectivity index is 1.65. The lowest BCUT2D eigenvalue weighted by molar-refractivity contribution is -0.151. The van der Waals surface area contributed by atoms with Crippen molar-refractivity contribution in [2.75, 3.05) is 25.2 Å². The highest BCUT2D eigenvalue weighted by Crippen LogP contribution is 2.52. The molecule has 6 heteroatoms. The fraction of sp³-hybridized carbons (Fsp3) is 0.444. The van der Waals surface area contributed by atoms with Gasteiger partial charge < -0.3 is 19.1 Å². The molecule has 3 heterocycles. The van der Waals surface area contributed by atoms with E-state index in [2.05, 4.69) is 0 Å². The summed E-state index contributed by atoms with van der Waals surface area (Å²) in [5.41, 5.74) is 0.0478. The smallest absolute Gasteiger partial charge is 0.312 e. The molecule has 6 nitrogen and oxygen atoms in total. The molecule has 0 radical (unpaired) electrons. The van der Waals surface area contributed by atoms with Crippen LogP contribution in [0.3, 0.4) is 0 Å². The zero-order valence-corrected chi connectivity index (χ0v) is 13.6. The first-order valence-corrected chi connectivity index (χ1v) is 8.09. The van der Waals surface area contributed by atoms with Gasteiger partial charge in [-0.1, -0.05) is 12.2 Å². The maximum Gasteiger partial charge on any atom is 0.312 e. The van der Waals surface area contributed by atoms with Gasteiger partial charge in [0.05, 0.1) is 32.3 Å². The highest BCUT2D eigenvalue weighted by atomic mass is 16.6. The summed E-state index contributed by atoms with van der Waals surface area (Å²) >= 11 is 0. The first-order chi connectivity index (χ1) is 11.6. The second-order valence-electron chi connectivity index (χ2n) is 6.27. The Hall–Kier alpha value is -2.34. The van der Waals surface area contributed by atoms with Gasteiger partial charge in [-0.2, -0.15) is 0 Å². The molecular weight excluding hydrogens is 310 g/mol. The predicted octanol–water partition coefficient (Wildman–Crippen LogP) is 1.54. The van der Waals surface area contributed by atoms with Crippen LogP contribution in [0.4, 0.5) is 5.69 Å². The zero-order chi connectivity index (χ0) is 16.9. The number of methoxy groups -OCH3 is 1. The average Bonchev–Trinajstić information content (AvgIpc) is 3.23. The number of carbonyl (C=O) groups is 2. The van der Waals surface area contributed by atoms with Crippen molar-refractivity contribution in [3.8, 4) is 5.75 Å². The van der Waals surface area contributed by atoms with Gasteiger partial charge in [0.2, 0.25) is 5.91 Å². The van der Waals surface area contributed by atoms with Crippen molar-refractivity contribution in [2.24, 2.45) is 11.8 Å². The van der Waals surface area contributed by atoms with Crippen molar-refractivity contribution in [1.82, 2.24) is 0 Å². The van der Waals surface area contributed by atoms with Gasteiger partial charge in [0.15, 0.2) is 0 Å². The van der Waals surface area contributed by atoms with E-state index in [1.807, 2.05) is 36.4 Å². The summed E-state index contributed by atoms with van der Waals surface area (Å²) in [5, 5.41) is 0. The Morgan fingerprint density at radius 1 is 1.38 bits per heavy atom. The molecule has 0 aliphatic carbocycles. The maximum atomic E-state index is 13.0. The van der Waals surface area contributed by atoms with E-state index in [0.717, 1.165) is 11.4 Å². The van der Waals surface area contributed by atoms with Crippen LogP contribution in [-0.2, 0) is 19.1 Å². The topological polar surface area (TPSA) is 65.1 Å². The Bertz CT molecular complexity index is 713. The minimum absolute atomic E-state index is 0.0925. The molecular formula is C18H19NO5. The number of anilines is 1. The van der Waals surface area contributed by atoms with Gasteiger partial charge in [0, 0.05) is 5.69 Å². The number of nitrogens with zero attached hydrogens (tertiary/aromatic N) is 1. The maximum absolute atomic E-state index is 13.0. The van der Waals surface area contributed by atoms with E-state index in [1.54, 1.807) is 18.9 Å². The third kappa shape index (κ3) is 1.99. The van der Waals surface area contributed by atoms with Gasteiger partial charge in [0.25, 0.3) is 0 Å². The highest BCUT2D eigenvalue weighted by Gasteiger charge is 2.67. The van der Waals surface area contributed by atoms with E-state index >= 15 is 0 Å². The summed E-state index contributed by atoms with van der Waals surface area (Å²) in [6.07, 6.45) is 3.44. The molecule has 2 bridgehead atoms. The molecule has 126 valence electrons. The molecule has 1 amide bonds. The van der Waals surface area contributed by atoms with Crippen molar-refractivity contribution in [2.45, 2.75) is 18.6 Å². The second-order valence-corrected chi connectivity index (χ2v) is 6.27. The fourth-order valence-electron chi connectivity index (χ4n) is 3.99. The van der Waals surface area contributed by atoms with E-state index in [0.29, 0.717) is 13.2 Å². The van der Waals surface area contributed by atoms with Gasteiger partial charge in [0.1, 0.15) is 17.3 Å². The number of fused-ring (bicyclic) bond motifs is 1. The van der Waals surface area contributed by atoms with Crippen LogP contribution in [-0.4, -0.2) is 43.8 Å². The summed E-state index contributed by atoms with van der Waals surface area (Å²) in [6, 6.07) is 7.30. The zero-order valence-electron chi connectivity index (χ0n) is 13.6. The largest absolute Gasteiger partial charge is 0.497 e. The van der Waals surface area contributed by atoms with Crippen LogP contribution in [0.5, 0.6) is 5.75 Å². The van der Waals surface area contributed by atoms with E-state index in [9.17, 15) is 9.59 Å². The van der Waals surface area contributed by atoms with E-state index in [4.69, 9.17) is 14.2 Å². The Morgan fingerprint density at radius 3 is 2.79 bits per heavy atom. The van der Waals surface area contributed by atoms with Gasteiger partial charge in [-0.3, -0.25) is 9.59 Å². The van der Waals surface area contributed by atoms with E-state index < -0.39 is 17.4 Å². The third-order valence-corrected chi connectivity index (χ3v) is 5.04. The summed E-state index contributed by atoms with van der Waals surface area (Å²) in [7, 11) is 1.60. The van der Waals surface area contributed by atoms with E-state index in [1.165, 1.54) is 0 Å². The lowest BCUT2D eigenvalue weighted by atomic mass is 9.77. The van der Waals surface area contributed by atoms with Crippen LogP contribution < -0.4 is 9.64 Å². The number of amides is 1. The highest BCUT2D eigenvalue weighted by molar-refractivity contribution is 6.02. The van der Waals surface area contributed by atoms with Crippen molar-refractivity contribution in [3.63, 3.8) is 0 Å². The molecule has 4 atom stereocenters. The van der Waals surface area contributed by atoms with Crippen molar-refractivity contribution in [3.05, 3.63) is 36.4 Å². The molecule has 24 heavy (non-hydrogen) atoms. The third-order valence-electron chi connectivity index (χ3n) is 5.04. The van der Waals surface area contributed by atoms with Gasteiger partial charge in [-0.05, 0) is 31.2 Å². The van der Waals surface area contributed by atoms with Crippen LogP contribution in [0, 0.1) is 11.8 Å². The normalized spacial score (nSPS) is 33.0. The number of carbonyl (C=O) groups excluding carboxylic acids is 2. The van der Waals surface area contributed by atoms with Crippen LogP contribution in [0.15, 0.2) is 36.4 Å². The number of benzene rings is 1. The van der Waals surface area contributed by atoms with Gasteiger partial charge in [-0.15, -0.1) is 0 Å². The van der Waals surface area contributed by atoms with Crippen LogP contribution in [0.1, 0.15) is 6.92 Å². The van der Waals surface area contributed by atoms with Crippen LogP contribution in [0.25, 0.3) is 0 Å². The number of esters is 1. The summed E-state index contributed by atoms with van der Waals surface area (Å²) < 4.78 is 16.4. The molecule has 4 rings (SSSR count).